The first-order valence-electron chi connectivity index (χ1n) is 5.74. The van der Waals surface area contributed by atoms with Gasteiger partial charge in [0.2, 0.25) is 0 Å². The molecule has 2 aromatic rings. The maximum Gasteiger partial charge on any atom is 0.143 e. The van der Waals surface area contributed by atoms with E-state index >= 15 is 0 Å². The maximum atomic E-state index is 13.1. The predicted molar refractivity (Wildman–Crippen MR) is 70.6 cm³/mol. The Morgan fingerprint density at radius 3 is 2.84 bits per heavy atom. The molecule has 0 fully saturated rings. The molecule has 0 unspecified atom stereocenters. The van der Waals surface area contributed by atoms with Gasteiger partial charge < -0.3 is 9.84 Å². The van der Waals surface area contributed by atoms with E-state index in [1.807, 2.05) is 6.92 Å². The number of nitrogens with zero attached hydrogens (tertiary/aromatic N) is 1. The van der Waals surface area contributed by atoms with Crippen molar-refractivity contribution < 1.29 is 14.2 Å². The van der Waals surface area contributed by atoms with Gasteiger partial charge in [0.25, 0.3) is 0 Å². The van der Waals surface area contributed by atoms with E-state index in [1.54, 1.807) is 12.1 Å². The number of aliphatic hydroxyl groups is 1. The standard InChI is InChI=1S/C14H13ClFNO2/c1-9-2-5-14(13(7-18)17-9)19-8-10-6-11(16)3-4-12(10)15/h2-6,18H,7-8H2,1H3. The third-order valence-corrected chi connectivity index (χ3v) is 2.98. The molecule has 2 rings (SSSR count). The molecule has 0 bridgehead atoms. The number of hydrogen-bond donors (Lipinski definition) is 1. The van der Waals surface area contributed by atoms with Crippen molar-refractivity contribution >= 4 is 11.6 Å². The van der Waals surface area contributed by atoms with Gasteiger partial charge in [-0.05, 0) is 37.3 Å². The van der Waals surface area contributed by atoms with Gasteiger partial charge in [0.1, 0.15) is 23.9 Å². The van der Waals surface area contributed by atoms with E-state index in [9.17, 15) is 9.50 Å². The summed E-state index contributed by atoms with van der Waals surface area (Å²) < 4.78 is 18.6. The van der Waals surface area contributed by atoms with Crippen LogP contribution in [0.25, 0.3) is 0 Å². The zero-order chi connectivity index (χ0) is 13.8. The summed E-state index contributed by atoms with van der Waals surface area (Å²) in [5.74, 6) is 0.0980. The van der Waals surface area contributed by atoms with Crippen LogP contribution in [-0.2, 0) is 13.2 Å². The van der Waals surface area contributed by atoms with Crippen molar-refractivity contribution in [3.05, 3.63) is 58.1 Å². The molecule has 0 aliphatic carbocycles. The van der Waals surface area contributed by atoms with E-state index in [0.717, 1.165) is 5.69 Å². The van der Waals surface area contributed by atoms with Crippen molar-refractivity contribution in [2.45, 2.75) is 20.1 Å². The second kappa shape index (κ2) is 5.99. The van der Waals surface area contributed by atoms with Crippen LogP contribution >= 0.6 is 11.6 Å². The lowest BCUT2D eigenvalue weighted by molar-refractivity contribution is 0.253. The van der Waals surface area contributed by atoms with Crippen LogP contribution in [0.4, 0.5) is 4.39 Å². The molecular weight excluding hydrogens is 269 g/mol. The Labute approximate surface area is 115 Å². The summed E-state index contributed by atoms with van der Waals surface area (Å²) in [7, 11) is 0. The van der Waals surface area contributed by atoms with Gasteiger partial charge in [-0.15, -0.1) is 0 Å². The highest BCUT2D eigenvalue weighted by Crippen LogP contribution is 2.22. The number of aliphatic hydroxyl groups excluding tert-OH is 1. The van der Waals surface area contributed by atoms with Crippen LogP contribution < -0.4 is 4.74 Å². The highest BCUT2D eigenvalue weighted by Gasteiger charge is 2.07. The number of halogens is 2. The fraction of sp³-hybridized carbons (Fsp3) is 0.214. The first-order valence-corrected chi connectivity index (χ1v) is 6.12. The number of aromatic nitrogens is 1. The molecule has 3 nitrogen and oxygen atoms in total. The summed E-state index contributed by atoms with van der Waals surface area (Å²) in [6, 6.07) is 7.60. The molecule has 1 heterocycles. The maximum absolute atomic E-state index is 13.1. The molecule has 100 valence electrons. The van der Waals surface area contributed by atoms with Crippen LogP contribution in [0.1, 0.15) is 17.0 Å². The number of aryl methyl sites for hydroxylation is 1. The number of hydrogen-bond acceptors (Lipinski definition) is 3. The SMILES string of the molecule is Cc1ccc(OCc2cc(F)ccc2Cl)c(CO)n1. The lowest BCUT2D eigenvalue weighted by Crippen LogP contribution is -2.02. The number of pyridine rings is 1. The third kappa shape index (κ3) is 3.43. The molecule has 0 saturated carbocycles. The monoisotopic (exact) mass is 281 g/mol. The van der Waals surface area contributed by atoms with E-state index in [2.05, 4.69) is 4.98 Å². The Bertz CT molecular complexity index is 590. The Hall–Kier alpha value is -1.65. The van der Waals surface area contributed by atoms with Gasteiger partial charge in [0, 0.05) is 16.3 Å². The topological polar surface area (TPSA) is 42.4 Å². The van der Waals surface area contributed by atoms with Crippen molar-refractivity contribution in [1.82, 2.24) is 4.98 Å². The molecule has 1 aromatic heterocycles. The van der Waals surface area contributed by atoms with Gasteiger partial charge in [-0.2, -0.15) is 0 Å². The minimum Gasteiger partial charge on any atom is -0.487 e. The van der Waals surface area contributed by atoms with Crippen LogP contribution in [0.5, 0.6) is 5.75 Å². The van der Waals surface area contributed by atoms with Gasteiger partial charge in [-0.1, -0.05) is 11.6 Å². The molecule has 0 radical (unpaired) electrons. The normalized spacial score (nSPS) is 10.5. The quantitative estimate of drug-likeness (QED) is 0.935. The third-order valence-electron chi connectivity index (χ3n) is 2.61. The van der Waals surface area contributed by atoms with Gasteiger partial charge in [0.05, 0.1) is 6.61 Å². The first-order chi connectivity index (χ1) is 9.10. The fourth-order valence-electron chi connectivity index (χ4n) is 1.65. The summed E-state index contributed by atoms with van der Waals surface area (Å²) in [5.41, 5.74) is 1.79. The van der Waals surface area contributed by atoms with Crippen molar-refractivity contribution in [3.8, 4) is 5.75 Å². The van der Waals surface area contributed by atoms with Crippen LogP contribution in [0.2, 0.25) is 5.02 Å². The number of ether oxygens (including phenoxy) is 1. The van der Waals surface area contributed by atoms with E-state index in [1.165, 1.54) is 18.2 Å². The van der Waals surface area contributed by atoms with Crippen molar-refractivity contribution in [1.29, 1.82) is 0 Å². The summed E-state index contributed by atoms with van der Waals surface area (Å²) >= 11 is 5.95. The van der Waals surface area contributed by atoms with E-state index < -0.39 is 0 Å². The minimum atomic E-state index is -0.368. The summed E-state index contributed by atoms with van der Waals surface area (Å²) in [6.45, 7) is 1.73. The first kappa shape index (κ1) is 13.8. The van der Waals surface area contributed by atoms with Crippen LogP contribution in [0.15, 0.2) is 30.3 Å². The van der Waals surface area contributed by atoms with Crippen LogP contribution in [0.3, 0.4) is 0 Å². The Balaban J connectivity index is 2.16. The molecule has 0 amide bonds. The van der Waals surface area contributed by atoms with Crippen molar-refractivity contribution in [3.63, 3.8) is 0 Å². The Morgan fingerprint density at radius 1 is 1.32 bits per heavy atom. The Morgan fingerprint density at radius 2 is 2.11 bits per heavy atom. The molecule has 0 atom stereocenters. The molecule has 0 saturated heterocycles. The molecule has 1 aromatic carbocycles. The van der Waals surface area contributed by atoms with Gasteiger partial charge >= 0.3 is 0 Å². The second-order valence-corrected chi connectivity index (χ2v) is 4.49. The highest BCUT2D eigenvalue weighted by molar-refractivity contribution is 6.31. The highest BCUT2D eigenvalue weighted by atomic mass is 35.5. The summed E-state index contributed by atoms with van der Waals surface area (Å²) in [6.07, 6.45) is 0. The zero-order valence-corrected chi connectivity index (χ0v) is 11.1. The molecule has 0 spiro atoms. The van der Waals surface area contributed by atoms with E-state index in [4.69, 9.17) is 16.3 Å². The second-order valence-electron chi connectivity index (χ2n) is 4.08. The number of rotatable bonds is 4. The van der Waals surface area contributed by atoms with Crippen molar-refractivity contribution in [2.75, 3.05) is 0 Å². The molecule has 19 heavy (non-hydrogen) atoms. The molecule has 1 N–H and O–H groups in total. The minimum absolute atomic E-state index is 0.119. The molecule has 5 heteroatoms. The Kier molecular flexibility index (Phi) is 4.35. The average molecular weight is 282 g/mol. The molecular formula is C14H13ClFNO2. The van der Waals surface area contributed by atoms with Crippen LogP contribution in [-0.4, -0.2) is 10.1 Å². The van der Waals surface area contributed by atoms with Gasteiger partial charge in [-0.3, -0.25) is 4.98 Å². The lowest BCUT2D eigenvalue weighted by atomic mass is 10.2. The smallest absolute Gasteiger partial charge is 0.143 e. The zero-order valence-electron chi connectivity index (χ0n) is 10.4. The summed E-state index contributed by atoms with van der Waals surface area (Å²) in [5, 5.41) is 9.65. The largest absolute Gasteiger partial charge is 0.487 e. The van der Waals surface area contributed by atoms with Gasteiger partial charge in [-0.25, -0.2) is 4.39 Å². The average Bonchev–Trinajstić information content (AvgIpc) is 2.40. The van der Waals surface area contributed by atoms with Crippen LogP contribution in [0, 0.1) is 12.7 Å². The molecule has 0 aliphatic heterocycles. The van der Waals surface area contributed by atoms with Gasteiger partial charge in [0.15, 0.2) is 0 Å². The molecule has 0 aliphatic rings. The lowest BCUT2D eigenvalue weighted by Gasteiger charge is -2.11. The fourth-order valence-corrected chi connectivity index (χ4v) is 1.82. The number of benzene rings is 1. The summed E-state index contributed by atoms with van der Waals surface area (Å²) in [4.78, 5) is 4.16. The van der Waals surface area contributed by atoms with Crippen molar-refractivity contribution in [2.24, 2.45) is 0 Å². The van der Waals surface area contributed by atoms with E-state index in [0.29, 0.717) is 22.0 Å². The van der Waals surface area contributed by atoms with E-state index in [-0.39, 0.29) is 19.0 Å². The predicted octanol–water partition coefficient (Wildman–Crippen LogP) is 3.25.